The molecule has 1 atom stereocenters. The third kappa shape index (κ3) is 2.22. The minimum absolute atomic E-state index is 0.298. The molecule has 0 bridgehead atoms. The molecule has 2 heterocycles. The van der Waals surface area contributed by atoms with Crippen molar-refractivity contribution < 1.29 is 0 Å². The maximum atomic E-state index is 4.57. The van der Waals surface area contributed by atoms with E-state index in [0.717, 1.165) is 16.3 Å². The summed E-state index contributed by atoms with van der Waals surface area (Å²) in [6.45, 7) is 2.10. The zero-order valence-electron chi connectivity index (χ0n) is 8.77. The molecular formula is C11H13N3S. The second-order valence-electron chi connectivity index (χ2n) is 3.33. The quantitative estimate of drug-likeness (QED) is 0.861. The van der Waals surface area contributed by atoms with Crippen molar-refractivity contribution in [3.8, 4) is 10.6 Å². The lowest BCUT2D eigenvalue weighted by Gasteiger charge is -2.04. The van der Waals surface area contributed by atoms with Gasteiger partial charge in [-0.25, -0.2) is 4.98 Å². The Bertz CT molecular complexity index is 424. The first-order valence-corrected chi connectivity index (χ1v) is 5.72. The summed E-state index contributed by atoms with van der Waals surface area (Å²) in [6.07, 6.45) is 3.61. The van der Waals surface area contributed by atoms with Crippen LogP contribution in [0.1, 0.15) is 18.7 Å². The highest BCUT2D eigenvalue weighted by molar-refractivity contribution is 7.13. The molecule has 1 N–H and O–H groups in total. The van der Waals surface area contributed by atoms with E-state index in [1.54, 1.807) is 17.5 Å². The van der Waals surface area contributed by atoms with Gasteiger partial charge in [-0.2, -0.15) is 0 Å². The highest BCUT2D eigenvalue weighted by Gasteiger charge is 2.08. The zero-order chi connectivity index (χ0) is 10.7. The van der Waals surface area contributed by atoms with Gasteiger partial charge >= 0.3 is 0 Å². The van der Waals surface area contributed by atoms with E-state index in [1.165, 1.54) is 0 Å². The Morgan fingerprint density at radius 1 is 1.47 bits per heavy atom. The van der Waals surface area contributed by atoms with Crippen molar-refractivity contribution in [2.24, 2.45) is 0 Å². The van der Waals surface area contributed by atoms with Crippen molar-refractivity contribution in [1.82, 2.24) is 15.3 Å². The predicted octanol–water partition coefficient (Wildman–Crippen LogP) is 2.49. The maximum Gasteiger partial charge on any atom is 0.125 e. The van der Waals surface area contributed by atoms with Gasteiger partial charge < -0.3 is 5.32 Å². The summed E-state index contributed by atoms with van der Waals surface area (Å²) in [5.74, 6) is 0. The van der Waals surface area contributed by atoms with Crippen LogP contribution in [0.15, 0.2) is 29.9 Å². The molecule has 2 rings (SSSR count). The summed E-state index contributed by atoms with van der Waals surface area (Å²) < 4.78 is 0. The average Bonchev–Trinajstić information content (AvgIpc) is 2.78. The van der Waals surface area contributed by atoms with Crippen molar-refractivity contribution in [2.75, 3.05) is 7.05 Å². The number of hydrogen-bond acceptors (Lipinski definition) is 4. The normalized spacial score (nSPS) is 12.7. The average molecular weight is 219 g/mol. The lowest BCUT2D eigenvalue weighted by molar-refractivity contribution is 0.637. The molecule has 15 heavy (non-hydrogen) atoms. The second-order valence-corrected chi connectivity index (χ2v) is 4.19. The molecule has 0 fully saturated rings. The maximum absolute atomic E-state index is 4.57. The number of hydrogen-bond donors (Lipinski definition) is 1. The van der Waals surface area contributed by atoms with E-state index in [2.05, 4.69) is 27.6 Å². The lowest BCUT2D eigenvalue weighted by atomic mass is 10.2. The van der Waals surface area contributed by atoms with Crippen molar-refractivity contribution in [3.05, 3.63) is 35.6 Å². The molecular weight excluding hydrogens is 206 g/mol. The number of pyridine rings is 1. The van der Waals surface area contributed by atoms with Gasteiger partial charge in [-0.05, 0) is 26.1 Å². The van der Waals surface area contributed by atoms with E-state index >= 15 is 0 Å². The Hall–Kier alpha value is -1.26. The molecule has 1 unspecified atom stereocenters. The van der Waals surface area contributed by atoms with Gasteiger partial charge in [-0.1, -0.05) is 0 Å². The number of thiazole rings is 1. The second kappa shape index (κ2) is 4.51. The lowest BCUT2D eigenvalue weighted by Crippen LogP contribution is -2.12. The minimum atomic E-state index is 0.298. The molecule has 0 amide bonds. The molecule has 0 radical (unpaired) electrons. The van der Waals surface area contributed by atoms with Gasteiger partial charge in [0.05, 0.1) is 5.69 Å². The smallest absolute Gasteiger partial charge is 0.125 e. The molecule has 3 nitrogen and oxygen atoms in total. The van der Waals surface area contributed by atoms with Gasteiger partial charge in [0.15, 0.2) is 0 Å². The summed E-state index contributed by atoms with van der Waals surface area (Å²) in [4.78, 5) is 8.65. The predicted molar refractivity (Wildman–Crippen MR) is 62.8 cm³/mol. The van der Waals surface area contributed by atoms with Crippen LogP contribution >= 0.6 is 11.3 Å². The molecule has 0 aliphatic rings. The molecule has 0 aliphatic carbocycles. The molecule has 78 valence electrons. The van der Waals surface area contributed by atoms with Gasteiger partial charge in [-0.15, -0.1) is 11.3 Å². The summed E-state index contributed by atoms with van der Waals surface area (Å²) in [5, 5.41) is 6.29. The number of aromatic nitrogens is 2. The van der Waals surface area contributed by atoms with E-state index in [4.69, 9.17) is 0 Å². The fourth-order valence-corrected chi connectivity index (χ4v) is 2.16. The zero-order valence-corrected chi connectivity index (χ0v) is 9.58. The largest absolute Gasteiger partial charge is 0.312 e. The van der Waals surface area contributed by atoms with E-state index in [9.17, 15) is 0 Å². The van der Waals surface area contributed by atoms with Crippen LogP contribution in [-0.2, 0) is 0 Å². The SMILES string of the molecule is CNC(C)c1csc(-c2cccnc2)n1. The summed E-state index contributed by atoms with van der Waals surface area (Å²) >= 11 is 1.66. The topological polar surface area (TPSA) is 37.8 Å². The highest BCUT2D eigenvalue weighted by atomic mass is 32.1. The summed E-state index contributed by atoms with van der Waals surface area (Å²) in [6, 6.07) is 4.25. The molecule has 0 saturated carbocycles. The van der Waals surface area contributed by atoms with E-state index < -0.39 is 0 Å². The molecule has 2 aromatic heterocycles. The number of rotatable bonds is 3. The Kier molecular flexibility index (Phi) is 3.08. The van der Waals surface area contributed by atoms with Gasteiger partial charge in [0.1, 0.15) is 5.01 Å². The van der Waals surface area contributed by atoms with Crippen LogP contribution in [0.5, 0.6) is 0 Å². The molecule has 2 aromatic rings. The summed E-state index contributed by atoms with van der Waals surface area (Å²) in [7, 11) is 1.94. The Balaban J connectivity index is 2.28. The van der Waals surface area contributed by atoms with Gasteiger partial charge in [0, 0.05) is 29.4 Å². The fraction of sp³-hybridized carbons (Fsp3) is 0.273. The molecule has 0 aliphatic heterocycles. The molecule has 4 heteroatoms. The monoisotopic (exact) mass is 219 g/mol. The highest BCUT2D eigenvalue weighted by Crippen LogP contribution is 2.25. The Labute approximate surface area is 93.2 Å². The van der Waals surface area contributed by atoms with Crippen molar-refractivity contribution in [3.63, 3.8) is 0 Å². The van der Waals surface area contributed by atoms with Crippen LogP contribution in [-0.4, -0.2) is 17.0 Å². The van der Waals surface area contributed by atoms with Crippen LogP contribution in [0.2, 0.25) is 0 Å². The first-order valence-electron chi connectivity index (χ1n) is 4.84. The van der Waals surface area contributed by atoms with Crippen LogP contribution < -0.4 is 5.32 Å². The standard InChI is InChI=1S/C11H13N3S/c1-8(12-2)10-7-15-11(14-10)9-4-3-5-13-6-9/h3-8,12H,1-2H3. The van der Waals surface area contributed by atoms with Crippen LogP contribution in [0.3, 0.4) is 0 Å². The molecule has 0 spiro atoms. The summed E-state index contributed by atoms with van der Waals surface area (Å²) in [5.41, 5.74) is 2.17. The van der Waals surface area contributed by atoms with Crippen molar-refractivity contribution >= 4 is 11.3 Å². The van der Waals surface area contributed by atoms with Crippen LogP contribution in [0.4, 0.5) is 0 Å². The van der Waals surface area contributed by atoms with Crippen LogP contribution in [0, 0.1) is 0 Å². The number of nitrogens with zero attached hydrogens (tertiary/aromatic N) is 2. The van der Waals surface area contributed by atoms with Crippen molar-refractivity contribution in [2.45, 2.75) is 13.0 Å². The fourth-order valence-electron chi connectivity index (χ4n) is 1.25. The number of nitrogens with one attached hydrogen (secondary N) is 1. The van der Waals surface area contributed by atoms with Crippen molar-refractivity contribution in [1.29, 1.82) is 0 Å². The van der Waals surface area contributed by atoms with E-state index in [-0.39, 0.29) is 0 Å². The first-order chi connectivity index (χ1) is 7.31. The third-order valence-corrected chi connectivity index (χ3v) is 3.22. The Morgan fingerprint density at radius 2 is 2.33 bits per heavy atom. The van der Waals surface area contributed by atoms with Gasteiger partial charge in [0.25, 0.3) is 0 Å². The van der Waals surface area contributed by atoms with Crippen LogP contribution in [0.25, 0.3) is 10.6 Å². The molecule has 0 aromatic carbocycles. The first kappa shape index (κ1) is 10.3. The van der Waals surface area contributed by atoms with Gasteiger partial charge in [-0.3, -0.25) is 4.98 Å². The minimum Gasteiger partial charge on any atom is -0.312 e. The molecule has 0 saturated heterocycles. The van der Waals surface area contributed by atoms with E-state index in [1.807, 2.05) is 25.4 Å². The van der Waals surface area contributed by atoms with E-state index in [0.29, 0.717) is 6.04 Å². The van der Waals surface area contributed by atoms with Gasteiger partial charge in [0.2, 0.25) is 0 Å². The third-order valence-electron chi connectivity index (χ3n) is 2.31. The Morgan fingerprint density at radius 3 is 3.00 bits per heavy atom.